The lowest BCUT2D eigenvalue weighted by atomic mass is 10.2. The quantitative estimate of drug-likeness (QED) is 0.454. The summed E-state index contributed by atoms with van der Waals surface area (Å²) in [5.74, 6) is -2.23. The zero-order valence-electron chi connectivity index (χ0n) is 15.9. The Hall–Kier alpha value is -2.59. The molecule has 0 atom stereocenters. The van der Waals surface area contributed by atoms with E-state index in [2.05, 4.69) is 20.6 Å². The van der Waals surface area contributed by atoms with E-state index in [1.807, 2.05) is 13.8 Å². The van der Waals surface area contributed by atoms with Gasteiger partial charge in [0, 0.05) is 22.0 Å². The Morgan fingerprint density at radius 3 is 2.59 bits per heavy atom. The number of halogens is 2. The summed E-state index contributed by atoms with van der Waals surface area (Å²) in [7, 11) is 0. The van der Waals surface area contributed by atoms with Gasteiger partial charge in [-0.1, -0.05) is 11.8 Å². The lowest BCUT2D eigenvalue weighted by Crippen LogP contribution is -2.33. The summed E-state index contributed by atoms with van der Waals surface area (Å²) in [5, 5.41) is 6.58. The number of aryl methyl sites for hydroxylation is 3. The lowest BCUT2D eigenvalue weighted by molar-refractivity contribution is -0.122. The van der Waals surface area contributed by atoms with E-state index in [0.29, 0.717) is 5.82 Å². The van der Waals surface area contributed by atoms with Crippen LogP contribution >= 0.6 is 23.1 Å². The van der Waals surface area contributed by atoms with Gasteiger partial charge in [-0.05, 0) is 38.5 Å². The van der Waals surface area contributed by atoms with Crippen LogP contribution in [-0.2, 0) is 9.59 Å². The molecule has 0 aliphatic rings. The summed E-state index contributed by atoms with van der Waals surface area (Å²) in [6.07, 6.45) is 0. The van der Waals surface area contributed by atoms with Gasteiger partial charge in [0.15, 0.2) is 11.6 Å². The van der Waals surface area contributed by atoms with Crippen LogP contribution in [0, 0.1) is 32.4 Å². The van der Waals surface area contributed by atoms with Gasteiger partial charge in [-0.25, -0.2) is 18.7 Å². The number of amides is 2. The number of fused-ring (bicyclic) bond motifs is 1. The average molecular weight is 437 g/mol. The SMILES string of the molecule is Cc1nc(SCC(=O)NCC(=O)Nc2ccc(F)c(F)c2)c2c(C)c(C)sc2n1. The molecule has 1 aromatic carbocycles. The maximum Gasteiger partial charge on any atom is 0.243 e. The molecule has 2 heterocycles. The third-order valence-electron chi connectivity index (χ3n) is 4.10. The number of hydrogen-bond donors (Lipinski definition) is 2. The van der Waals surface area contributed by atoms with E-state index in [4.69, 9.17) is 0 Å². The molecule has 0 bridgehead atoms. The monoisotopic (exact) mass is 436 g/mol. The van der Waals surface area contributed by atoms with E-state index in [0.717, 1.165) is 37.8 Å². The molecule has 0 unspecified atom stereocenters. The molecule has 2 amide bonds. The number of carbonyl (C=O) groups is 2. The second-order valence-electron chi connectivity index (χ2n) is 6.28. The van der Waals surface area contributed by atoms with E-state index in [1.54, 1.807) is 18.3 Å². The van der Waals surface area contributed by atoms with Gasteiger partial charge in [-0.3, -0.25) is 9.59 Å². The number of nitrogens with zero attached hydrogens (tertiary/aromatic N) is 2. The first-order chi connectivity index (χ1) is 13.7. The molecule has 0 radical (unpaired) electrons. The number of benzene rings is 1. The maximum absolute atomic E-state index is 13.2. The molecular formula is C19H18F2N4O2S2. The predicted octanol–water partition coefficient (Wildman–Crippen LogP) is 3.74. The minimum Gasteiger partial charge on any atom is -0.346 e. The highest BCUT2D eigenvalue weighted by molar-refractivity contribution is 8.00. The van der Waals surface area contributed by atoms with Gasteiger partial charge in [-0.2, -0.15) is 0 Å². The summed E-state index contributed by atoms with van der Waals surface area (Å²) in [5.41, 5.74) is 1.21. The van der Waals surface area contributed by atoms with Crippen molar-refractivity contribution >= 4 is 50.8 Å². The highest BCUT2D eigenvalue weighted by Crippen LogP contribution is 2.34. The van der Waals surface area contributed by atoms with Crippen LogP contribution in [0.5, 0.6) is 0 Å². The summed E-state index contributed by atoms with van der Waals surface area (Å²) < 4.78 is 26.1. The molecule has 152 valence electrons. The Kier molecular flexibility index (Phi) is 6.43. The van der Waals surface area contributed by atoms with Crippen molar-refractivity contribution in [3.63, 3.8) is 0 Å². The van der Waals surface area contributed by atoms with Crippen molar-refractivity contribution in [1.82, 2.24) is 15.3 Å². The molecule has 0 saturated heterocycles. The maximum atomic E-state index is 13.2. The van der Waals surface area contributed by atoms with Crippen molar-refractivity contribution in [3.8, 4) is 0 Å². The summed E-state index contributed by atoms with van der Waals surface area (Å²) in [6.45, 7) is 5.53. The minimum atomic E-state index is -1.06. The molecule has 3 rings (SSSR count). The van der Waals surface area contributed by atoms with Gasteiger partial charge in [-0.15, -0.1) is 11.3 Å². The number of thioether (sulfide) groups is 1. The second-order valence-corrected chi connectivity index (χ2v) is 8.45. The van der Waals surface area contributed by atoms with Crippen molar-refractivity contribution in [2.24, 2.45) is 0 Å². The molecule has 0 saturated carbocycles. The molecule has 29 heavy (non-hydrogen) atoms. The van der Waals surface area contributed by atoms with Crippen molar-refractivity contribution in [2.45, 2.75) is 25.8 Å². The number of anilines is 1. The number of aromatic nitrogens is 2. The van der Waals surface area contributed by atoms with Crippen molar-refractivity contribution < 1.29 is 18.4 Å². The van der Waals surface area contributed by atoms with Crippen LogP contribution in [0.4, 0.5) is 14.5 Å². The third-order valence-corrected chi connectivity index (χ3v) is 6.17. The van der Waals surface area contributed by atoms with Gasteiger partial charge in [0.1, 0.15) is 15.7 Å². The second kappa shape index (κ2) is 8.83. The zero-order valence-corrected chi connectivity index (χ0v) is 17.6. The Morgan fingerprint density at radius 2 is 1.86 bits per heavy atom. The first kappa shape index (κ1) is 21.1. The van der Waals surface area contributed by atoms with Crippen molar-refractivity contribution in [2.75, 3.05) is 17.6 Å². The van der Waals surface area contributed by atoms with Crippen molar-refractivity contribution in [1.29, 1.82) is 0 Å². The zero-order chi connectivity index (χ0) is 21.1. The highest BCUT2D eigenvalue weighted by atomic mass is 32.2. The number of hydrogen-bond acceptors (Lipinski definition) is 6. The van der Waals surface area contributed by atoms with Gasteiger partial charge in [0.25, 0.3) is 0 Å². The minimum absolute atomic E-state index is 0.0817. The molecule has 0 aliphatic heterocycles. The van der Waals surface area contributed by atoms with E-state index >= 15 is 0 Å². The van der Waals surface area contributed by atoms with Crippen LogP contribution in [0.25, 0.3) is 10.2 Å². The summed E-state index contributed by atoms with van der Waals surface area (Å²) >= 11 is 2.87. The van der Waals surface area contributed by atoms with E-state index in [9.17, 15) is 18.4 Å². The molecule has 2 aromatic heterocycles. The third kappa shape index (κ3) is 5.07. The lowest BCUT2D eigenvalue weighted by Gasteiger charge is -2.08. The molecule has 0 fully saturated rings. The summed E-state index contributed by atoms with van der Waals surface area (Å²) in [6, 6.07) is 3.03. The smallest absolute Gasteiger partial charge is 0.243 e. The number of nitrogens with one attached hydrogen (secondary N) is 2. The fraction of sp³-hybridized carbons (Fsp3) is 0.263. The van der Waals surface area contributed by atoms with Gasteiger partial charge < -0.3 is 10.6 Å². The first-order valence-electron chi connectivity index (χ1n) is 8.63. The van der Waals surface area contributed by atoms with Crippen LogP contribution < -0.4 is 10.6 Å². The molecular weight excluding hydrogens is 418 g/mol. The van der Waals surface area contributed by atoms with E-state index < -0.39 is 17.5 Å². The van der Waals surface area contributed by atoms with Gasteiger partial charge >= 0.3 is 0 Å². The largest absolute Gasteiger partial charge is 0.346 e. The summed E-state index contributed by atoms with van der Waals surface area (Å²) in [4.78, 5) is 34.9. The normalized spacial score (nSPS) is 10.9. The predicted molar refractivity (Wildman–Crippen MR) is 110 cm³/mol. The van der Waals surface area contributed by atoms with E-state index in [1.165, 1.54) is 17.8 Å². The molecule has 6 nitrogen and oxygen atoms in total. The average Bonchev–Trinajstić information content (AvgIpc) is 2.94. The number of thiophene rings is 1. The fourth-order valence-corrected chi connectivity index (χ4v) is 4.66. The molecule has 0 spiro atoms. The molecule has 2 N–H and O–H groups in total. The number of rotatable bonds is 6. The van der Waals surface area contributed by atoms with Gasteiger partial charge in [0.2, 0.25) is 11.8 Å². The van der Waals surface area contributed by atoms with Crippen LogP contribution in [-0.4, -0.2) is 34.1 Å². The van der Waals surface area contributed by atoms with Crippen LogP contribution in [0.15, 0.2) is 23.2 Å². The molecule has 10 heteroatoms. The Labute approximate surface area is 174 Å². The first-order valence-corrected chi connectivity index (χ1v) is 10.4. The Balaban J connectivity index is 1.56. The molecule has 0 aliphatic carbocycles. The fourth-order valence-electron chi connectivity index (χ4n) is 2.56. The Bertz CT molecular complexity index is 1100. The van der Waals surface area contributed by atoms with Crippen LogP contribution in [0.2, 0.25) is 0 Å². The molecule has 3 aromatic rings. The van der Waals surface area contributed by atoms with E-state index in [-0.39, 0.29) is 23.9 Å². The highest BCUT2D eigenvalue weighted by Gasteiger charge is 2.15. The van der Waals surface area contributed by atoms with Crippen molar-refractivity contribution in [3.05, 3.63) is 46.1 Å². The van der Waals surface area contributed by atoms with Gasteiger partial charge in [0.05, 0.1) is 12.3 Å². The van der Waals surface area contributed by atoms with Crippen LogP contribution in [0.1, 0.15) is 16.3 Å². The Morgan fingerprint density at radius 1 is 1.10 bits per heavy atom. The standard InChI is InChI=1S/C19H18F2N4O2S2/c1-9-10(2)29-19-17(9)18(23-11(3)24-19)28-8-16(27)22-7-15(26)25-12-4-5-13(20)14(21)6-12/h4-6H,7-8H2,1-3H3,(H,22,27)(H,25,26). The number of carbonyl (C=O) groups excluding carboxylic acids is 2. The topological polar surface area (TPSA) is 84.0 Å². The van der Waals surface area contributed by atoms with Crippen LogP contribution in [0.3, 0.4) is 0 Å².